The maximum absolute atomic E-state index is 12.1. The van der Waals surface area contributed by atoms with Crippen molar-refractivity contribution in [3.63, 3.8) is 0 Å². The van der Waals surface area contributed by atoms with Crippen LogP contribution in [0.4, 0.5) is 5.69 Å². The zero-order valence-electron chi connectivity index (χ0n) is 16.0. The van der Waals surface area contributed by atoms with Crippen molar-refractivity contribution in [3.05, 3.63) is 44.0 Å². The smallest absolute Gasteiger partial charge is 0.276 e. The fourth-order valence-corrected chi connectivity index (χ4v) is 3.82. The third kappa shape index (κ3) is 4.52. The minimum absolute atomic E-state index is 0.00325. The number of carbonyl (C=O) groups excluding carboxylic acids is 3. The number of thiophene rings is 2. The predicted molar refractivity (Wildman–Crippen MR) is 110 cm³/mol. The lowest BCUT2D eigenvalue weighted by atomic mass is 10.3. The predicted octanol–water partition coefficient (Wildman–Crippen LogP) is 2.31. The third-order valence-corrected chi connectivity index (χ3v) is 5.41. The lowest BCUT2D eigenvalue weighted by Gasteiger charge is -2.10. The van der Waals surface area contributed by atoms with E-state index >= 15 is 0 Å². The van der Waals surface area contributed by atoms with E-state index in [4.69, 9.17) is 0 Å². The fraction of sp³-hybridized carbons (Fsp3) is 0.278. The summed E-state index contributed by atoms with van der Waals surface area (Å²) in [5, 5.41) is 21.6. The van der Waals surface area contributed by atoms with Gasteiger partial charge in [0, 0.05) is 30.9 Å². The maximum Gasteiger partial charge on any atom is 0.276 e. The molecule has 0 fully saturated rings. The molecule has 1 aliphatic rings. The first-order valence-electron chi connectivity index (χ1n) is 8.53. The van der Waals surface area contributed by atoms with Crippen LogP contribution in [0.3, 0.4) is 0 Å². The van der Waals surface area contributed by atoms with Gasteiger partial charge >= 0.3 is 0 Å². The molecule has 3 heterocycles. The summed E-state index contributed by atoms with van der Waals surface area (Å²) in [6, 6.07) is 3.80. The Morgan fingerprint density at radius 3 is 2.46 bits per heavy atom. The van der Waals surface area contributed by atoms with Crippen LogP contribution in [-0.4, -0.2) is 41.8 Å². The molecule has 0 saturated carbocycles. The molecule has 4 N–H and O–H groups in total. The zero-order valence-corrected chi connectivity index (χ0v) is 17.6. The summed E-state index contributed by atoms with van der Waals surface area (Å²) in [7, 11) is 3.15. The van der Waals surface area contributed by atoms with Crippen LogP contribution in [0.1, 0.15) is 28.4 Å². The molecule has 2 aromatic heterocycles. The molecule has 0 aliphatic carbocycles. The Labute approximate surface area is 170 Å². The molecule has 1 aliphatic heterocycles. The minimum atomic E-state index is -0.602. The van der Waals surface area contributed by atoms with E-state index in [-0.39, 0.29) is 33.6 Å². The fourth-order valence-electron chi connectivity index (χ4n) is 2.26. The molecule has 2 aromatic rings. The molecule has 0 unspecified atom stereocenters. The van der Waals surface area contributed by atoms with Crippen molar-refractivity contribution >= 4 is 46.1 Å². The Balaban J connectivity index is 0.00000136. The van der Waals surface area contributed by atoms with Crippen LogP contribution in [0.25, 0.3) is 0 Å². The molecule has 0 bridgehead atoms. The first-order valence-corrected chi connectivity index (χ1v) is 10.3. The average Bonchev–Trinajstić information content (AvgIpc) is 3.37. The molecule has 150 valence electrons. The van der Waals surface area contributed by atoms with E-state index in [0.29, 0.717) is 6.54 Å². The first kappa shape index (κ1) is 21.5. The second kappa shape index (κ2) is 9.38. The molecule has 0 aromatic carbocycles. The van der Waals surface area contributed by atoms with Gasteiger partial charge in [0.05, 0.1) is 5.69 Å². The van der Waals surface area contributed by atoms with Gasteiger partial charge in [-0.15, -0.1) is 22.7 Å². The monoisotopic (exact) mass is 422 g/mol. The number of hydrogen-bond donors (Lipinski definition) is 4. The number of hydrogen-bond acceptors (Lipinski definition) is 8. The van der Waals surface area contributed by atoms with Crippen LogP contribution >= 0.6 is 22.7 Å². The van der Waals surface area contributed by atoms with Gasteiger partial charge in [-0.2, -0.15) is 0 Å². The molecular formula is C18H22N4O4S2. The van der Waals surface area contributed by atoms with Gasteiger partial charge in [0.25, 0.3) is 17.7 Å². The molecular weight excluding hydrogens is 400 g/mol. The summed E-state index contributed by atoms with van der Waals surface area (Å²) in [5.74, 6) is -1.76. The lowest BCUT2D eigenvalue weighted by Crippen LogP contribution is -2.27. The van der Waals surface area contributed by atoms with Gasteiger partial charge in [0.1, 0.15) is 16.3 Å². The lowest BCUT2D eigenvalue weighted by molar-refractivity contribution is -0.124. The van der Waals surface area contributed by atoms with Gasteiger partial charge in [0.2, 0.25) is 0 Å². The Hall–Kier alpha value is -2.85. The van der Waals surface area contributed by atoms with Crippen LogP contribution in [0.2, 0.25) is 0 Å². The SMILES string of the molecule is CC.CN(C)C(=O)c1scc(NC2=C(NCc3cccs3)C(=O)NC2=O)c1O. The highest BCUT2D eigenvalue weighted by Crippen LogP contribution is 2.36. The van der Waals surface area contributed by atoms with Crippen molar-refractivity contribution in [1.29, 1.82) is 0 Å². The van der Waals surface area contributed by atoms with Crippen molar-refractivity contribution in [2.45, 2.75) is 20.4 Å². The average molecular weight is 423 g/mol. The van der Waals surface area contributed by atoms with E-state index in [1.165, 1.54) is 21.6 Å². The van der Waals surface area contributed by atoms with E-state index in [0.717, 1.165) is 16.2 Å². The number of amides is 3. The second-order valence-electron chi connectivity index (χ2n) is 5.62. The normalized spacial score (nSPS) is 13.0. The molecule has 8 nitrogen and oxygen atoms in total. The molecule has 28 heavy (non-hydrogen) atoms. The molecule has 0 saturated heterocycles. The standard InChI is InChI=1S/C16H16N4O4S2.C2H6/c1-20(2)16(24)13-12(21)9(7-26-13)18-11-10(14(22)19-15(11)23)17-6-8-4-3-5-25-8;1-2/h3-5,7,21H,6H2,1-2H3,(H3,17,18,19,22,23);1-2H3. The van der Waals surface area contributed by atoms with Crippen molar-refractivity contribution in [3.8, 4) is 5.75 Å². The highest BCUT2D eigenvalue weighted by Gasteiger charge is 2.32. The van der Waals surface area contributed by atoms with Gasteiger partial charge in [0.15, 0.2) is 5.75 Å². The Bertz CT molecular complexity index is 901. The zero-order chi connectivity index (χ0) is 20.8. The van der Waals surface area contributed by atoms with Crippen molar-refractivity contribution in [2.24, 2.45) is 0 Å². The Kier molecular flexibility index (Phi) is 7.18. The number of imide groups is 1. The number of carbonyl (C=O) groups is 3. The van der Waals surface area contributed by atoms with Gasteiger partial charge in [-0.3, -0.25) is 19.7 Å². The summed E-state index contributed by atoms with van der Waals surface area (Å²) in [6.07, 6.45) is 0. The van der Waals surface area contributed by atoms with E-state index in [2.05, 4.69) is 16.0 Å². The number of nitrogens with zero attached hydrogens (tertiary/aromatic N) is 1. The Morgan fingerprint density at radius 2 is 1.86 bits per heavy atom. The summed E-state index contributed by atoms with van der Waals surface area (Å²) in [5.41, 5.74) is 0.286. The molecule has 3 rings (SSSR count). The Morgan fingerprint density at radius 1 is 1.18 bits per heavy atom. The number of rotatable bonds is 6. The van der Waals surface area contributed by atoms with Crippen molar-refractivity contribution < 1.29 is 19.5 Å². The molecule has 0 spiro atoms. The van der Waals surface area contributed by atoms with Crippen LogP contribution < -0.4 is 16.0 Å². The number of anilines is 1. The van der Waals surface area contributed by atoms with Crippen LogP contribution in [0.15, 0.2) is 34.3 Å². The number of nitrogens with one attached hydrogen (secondary N) is 3. The highest BCUT2D eigenvalue weighted by atomic mass is 32.1. The minimum Gasteiger partial charge on any atom is -0.504 e. The van der Waals surface area contributed by atoms with E-state index in [1.807, 2.05) is 31.4 Å². The van der Waals surface area contributed by atoms with Gasteiger partial charge in [-0.25, -0.2) is 0 Å². The first-order chi connectivity index (χ1) is 13.4. The quantitative estimate of drug-likeness (QED) is 0.532. The third-order valence-electron chi connectivity index (χ3n) is 3.58. The summed E-state index contributed by atoms with van der Waals surface area (Å²) in [6.45, 7) is 4.39. The van der Waals surface area contributed by atoms with E-state index in [9.17, 15) is 19.5 Å². The largest absolute Gasteiger partial charge is 0.504 e. The summed E-state index contributed by atoms with van der Waals surface area (Å²) in [4.78, 5) is 38.6. The van der Waals surface area contributed by atoms with Crippen LogP contribution in [-0.2, 0) is 16.1 Å². The highest BCUT2D eigenvalue weighted by molar-refractivity contribution is 7.13. The van der Waals surface area contributed by atoms with Crippen LogP contribution in [0.5, 0.6) is 5.75 Å². The topological polar surface area (TPSA) is 111 Å². The van der Waals surface area contributed by atoms with Crippen molar-refractivity contribution in [2.75, 3.05) is 19.4 Å². The number of aromatic hydroxyl groups is 1. The van der Waals surface area contributed by atoms with Gasteiger partial charge < -0.3 is 20.6 Å². The molecule has 0 atom stereocenters. The van der Waals surface area contributed by atoms with E-state index in [1.54, 1.807) is 14.1 Å². The molecule has 0 radical (unpaired) electrons. The summed E-state index contributed by atoms with van der Waals surface area (Å²) < 4.78 is 0. The second-order valence-corrected chi connectivity index (χ2v) is 7.53. The van der Waals surface area contributed by atoms with E-state index < -0.39 is 11.8 Å². The van der Waals surface area contributed by atoms with Gasteiger partial charge in [-0.1, -0.05) is 19.9 Å². The van der Waals surface area contributed by atoms with Gasteiger partial charge in [-0.05, 0) is 11.4 Å². The summed E-state index contributed by atoms with van der Waals surface area (Å²) >= 11 is 2.57. The van der Waals surface area contributed by atoms with Crippen LogP contribution in [0, 0.1) is 0 Å². The molecule has 10 heteroatoms. The molecule has 3 amide bonds. The maximum atomic E-state index is 12.1. The van der Waals surface area contributed by atoms with Crippen molar-refractivity contribution in [1.82, 2.24) is 15.5 Å².